The van der Waals surface area contributed by atoms with Crippen molar-refractivity contribution in [2.24, 2.45) is 11.3 Å². The van der Waals surface area contributed by atoms with E-state index in [4.69, 9.17) is 14.6 Å². The lowest BCUT2D eigenvalue weighted by molar-refractivity contribution is -0.189. The second-order valence-corrected chi connectivity index (χ2v) is 3.49. The molecule has 1 heterocycles. The van der Waals surface area contributed by atoms with Gasteiger partial charge in [-0.1, -0.05) is 13.8 Å². The zero-order chi connectivity index (χ0) is 8.32. The van der Waals surface area contributed by atoms with Gasteiger partial charge in [0, 0.05) is 5.41 Å². The quantitative estimate of drug-likeness (QED) is 0.643. The fourth-order valence-electron chi connectivity index (χ4n) is 1.20. The second-order valence-electron chi connectivity index (χ2n) is 3.49. The predicted molar refractivity (Wildman–Crippen MR) is 41.1 cm³/mol. The molecular weight excluding hydrogens is 144 g/mol. The lowest BCUT2D eigenvalue weighted by Crippen LogP contribution is -2.44. The van der Waals surface area contributed by atoms with Crippen LogP contribution < -0.4 is 0 Å². The summed E-state index contributed by atoms with van der Waals surface area (Å²) in [4.78, 5) is 0. The maximum Gasteiger partial charge on any atom is 0.146 e. The van der Waals surface area contributed by atoms with Crippen LogP contribution in [0.2, 0.25) is 0 Å². The molecule has 1 saturated heterocycles. The summed E-state index contributed by atoms with van der Waals surface area (Å²) in [6, 6.07) is 0. The van der Waals surface area contributed by atoms with Gasteiger partial charge in [0.25, 0.3) is 0 Å². The van der Waals surface area contributed by atoms with E-state index >= 15 is 0 Å². The van der Waals surface area contributed by atoms with Crippen LogP contribution in [0.25, 0.3) is 0 Å². The highest BCUT2D eigenvalue weighted by Gasteiger charge is 2.36. The molecule has 0 radical (unpaired) electrons. The smallest absolute Gasteiger partial charge is 0.146 e. The van der Waals surface area contributed by atoms with Crippen molar-refractivity contribution in [2.75, 3.05) is 26.6 Å². The van der Waals surface area contributed by atoms with Crippen LogP contribution in [0, 0.1) is 11.3 Å². The van der Waals surface area contributed by atoms with Crippen LogP contribution in [0.3, 0.4) is 0 Å². The largest absolute Gasteiger partial charge is 0.396 e. The summed E-state index contributed by atoms with van der Waals surface area (Å²) in [5.74, 6) is 0.396. The Bertz CT molecular complexity index is 117. The van der Waals surface area contributed by atoms with Gasteiger partial charge in [-0.15, -0.1) is 0 Å². The third-order valence-electron chi connectivity index (χ3n) is 2.49. The molecule has 1 aliphatic rings. The molecule has 0 unspecified atom stereocenters. The van der Waals surface area contributed by atoms with Gasteiger partial charge in [0.1, 0.15) is 6.79 Å². The Morgan fingerprint density at radius 1 is 1.36 bits per heavy atom. The van der Waals surface area contributed by atoms with Gasteiger partial charge in [0.05, 0.1) is 19.8 Å². The topological polar surface area (TPSA) is 38.7 Å². The van der Waals surface area contributed by atoms with Crippen molar-refractivity contribution in [1.82, 2.24) is 0 Å². The summed E-state index contributed by atoms with van der Waals surface area (Å²) >= 11 is 0. The highest BCUT2D eigenvalue weighted by Crippen LogP contribution is 2.30. The minimum atomic E-state index is -0.168. The fraction of sp³-hybridized carbons (Fsp3) is 1.00. The number of hydrogen-bond acceptors (Lipinski definition) is 3. The molecule has 1 rings (SSSR count). The number of ether oxygens (including phenoxy) is 2. The zero-order valence-corrected chi connectivity index (χ0v) is 7.17. The molecule has 1 aliphatic heterocycles. The summed E-state index contributed by atoms with van der Waals surface area (Å²) in [5.41, 5.74) is -0.168. The molecule has 3 heteroatoms. The monoisotopic (exact) mass is 160 g/mol. The molecule has 0 aromatic heterocycles. The molecule has 1 N–H and O–H groups in total. The van der Waals surface area contributed by atoms with Crippen LogP contribution in [0.15, 0.2) is 0 Å². The molecule has 0 aromatic carbocycles. The molecule has 0 amide bonds. The van der Waals surface area contributed by atoms with Crippen molar-refractivity contribution < 1.29 is 14.6 Å². The molecule has 11 heavy (non-hydrogen) atoms. The average molecular weight is 160 g/mol. The van der Waals surface area contributed by atoms with E-state index in [9.17, 15) is 0 Å². The van der Waals surface area contributed by atoms with Gasteiger partial charge < -0.3 is 14.6 Å². The van der Waals surface area contributed by atoms with Gasteiger partial charge in [-0.2, -0.15) is 0 Å². The summed E-state index contributed by atoms with van der Waals surface area (Å²) in [6.45, 7) is 5.89. The van der Waals surface area contributed by atoms with Crippen LogP contribution >= 0.6 is 0 Å². The van der Waals surface area contributed by atoms with Crippen LogP contribution in [0.1, 0.15) is 13.8 Å². The normalized spacial score (nSPS) is 24.0. The molecule has 0 bridgehead atoms. The first-order chi connectivity index (χ1) is 5.21. The summed E-state index contributed by atoms with van der Waals surface area (Å²) in [6.07, 6.45) is 0. The molecule has 0 aliphatic carbocycles. The van der Waals surface area contributed by atoms with Gasteiger partial charge in [0.2, 0.25) is 0 Å². The van der Waals surface area contributed by atoms with Gasteiger partial charge in [-0.05, 0) is 5.92 Å². The third kappa shape index (κ3) is 1.72. The first kappa shape index (κ1) is 8.97. The SMILES string of the molecule is CC(C)C1(CO)COCOC1. The van der Waals surface area contributed by atoms with Crippen LogP contribution in [0.4, 0.5) is 0 Å². The highest BCUT2D eigenvalue weighted by atomic mass is 16.7. The van der Waals surface area contributed by atoms with Crippen molar-refractivity contribution in [3.8, 4) is 0 Å². The summed E-state index contributed by atoms with van der Waals surface area (Å²) in [7, 11) is 0. The van der Waals surface area contributed by atoms with E-state index in [1.54, 1.807) is 0 Å². The Kier molecular flexibility index (Phi) is 2.87. The molecular formula is C8H16O3. The molecule has 66 valence electrons. The fourth-order valence-corrected chi connectivity index (χ4v) is 1.20. The van der Waals surface area contributed by atoms with Crippen molar-refractivity contribution >= 4 is 0 Å². The Balaban J connectivity index is 2.57. The molecule has 0 saturated carbocycles. The van der Waals surface area contributed by atoms with Crippen LogP contribution in [-0.2, 0) is 9.47 Å². The van der Waals surface area contributed by atoms with Crippen molar-refractivity contribution in [2.45, 2.75) is 13.8 Å². The molecule has 0 aromatic rings. The third-order valence-corrected chi connectivity index (χ3v) is 2.49. The summed E-state index contributed by atoms with van der Waals surface area (Å²) in [5, 5.41) is 9.15. The molecule has 3 nitrogen and oxygen atoms in total. The van der Waals surface area contributed by atoms with E-state index in [1.807, 2.05) is 0 Å². The van der Waals surface area contributed by atoms with E-state index in [0.29, 0.717) is 25.9 Å². The molecule has 1 fully saturated rings. The Morgan fingerprint density at radius 3 is 2.18 bits per heavy atom. The van der Waals surface area contributed by atoms with Gasteiger partial charge in [0.15, 0.2) is 0 Å². The van der Waals surface area contributed by atoms with E-state index in [0.717, 1.165) is 0 Å². The lowest BCUT2D eigenvalue weighted by Gasteiger charge is -2.38. The molecule has 0 atom stereocenters. The van der Waals surface area contributed by atoms with Gasteiger partial charge in [-0.25, -0.2) is 0 Å². The number of rotatable bonds is 2. The van der Waals surface area contributed by atoms with E-state index in [2.05, 4.69) is 13.8 Å². The minimum absolute atomic E-state index is 0.144. The zero-order valence-electron chi connectivity index (χ0n) is 7.17. The van der Waals surface area contributed by atoms with Crippen molar-refractivity contribution in [3.05, 3.63) is 0 Å². The standard InChI is InChI=1S/C8H16O3/c1-7(2)8(3-9)4-10-6-11-5-8/h7,9H,3-6H2,1-2H3. The van der Waals surface area contributed by atoms with Crippen LogP contribution in [0.5, 0.6) is 0 Å². The first-order valence-electron chi connectivity index (χ1n) is 3.97. The first-order valence-corrected chi connectivity index (χ1v) is 3.97. The van der Waals surface area contributed by atoms with E-state index in [1.165, 1.54) is 0 Å². The number of hydrogen-bond donors (Lipinski definition) is 1. The Hall–Kier alpha value is -0.120. The van der Waals surface area contributed by atoms with Gasteiger partial charge >= 0.3 is 0 Å². The van der Waals surface area contributed by atoms with Crippen LogP contribution in [-0.4, -0.2) is 31.7 Å². The maximum atomic E-state index is 9.15. The molecule has 0 spiro atoms. The van der Waals surface area contributed by atoms with E-state index < -0.39 is 0 Å². The Labute approximate surface area is 67.3 Å². The van der Waals surface area contributed by atoms with Gasteiger partial charge in [-0.3, -0.25) is 0 Å². The van der Waals surface area contributed by atoms with Crippen molar-refractivity contribution in [1.29, 1.82) is 0 Å². The number of aliphatic hydroxyl groups is 1. The average Bonchev–Trinajstić information content (AvgIpc) is 2.05. The summed E-state index contributed by atoms with van der Waals surface area (Å²) < 4.78 is 10.3. The number of aliphatic hydroxyl groups excluding tert-OH is 1. The van der Waals surface area contributed by atoms with E-state index in [-0.39, 0.29) is 12.0 Å². The van der Waals surface area contributed by atoms with Crippen molar-refractivity contribution in [3.63, 3.8) is 0 Å². The predicted octanol–water partition coefficient (Wildman–Crippen LogP) is 0.625. The maximum absolute atomic E-state index is 9.15. The Morgan fingerprint density at radius 2 is 1.91 bits per heavy atom. The minimum Gasteiger partial charge on any atom is -0.396 e. The highest BCUT2D eigenvalue weighted by molar-refractivity contribution is 4.82. The second kappa shape index (κ2) is 3.52. The lowest BCUT2D eigenvalue weighted by atomic mass is 9.79.